The van der Waals surface area contributed by atoms with Crippen molar-refractivity contribution in [2.24, 2.45) is 5.92 Å². The van der Waals surface area contributed by atoms with E-state index in [1.807, 2.05) is 42.2 Å². The fourth-order valence-corrected chi connectivity index (χ4v) is 3.77. The normalized spacial score (nSPS) is 21.6. The predicted molar refractivity (Wildman–Crippen MR) is 99.5 cm³/mol. The van der Waals surface area contributed by atoms with E-state index in [-0.39, 0.29) is 11.9 Å². The molecule has 4 rings (SSSR count). The number of hydrogen-bond acceptors (Lipinski definition) is 4. The highest BCUT2D eigenvalue weighted by Gasteiger charge is 2.33. The van der Waals surface area contributed by atoms with Crippen LogP contribution in [-0.2, 0) is 11.2 Å². The number of aromatic nitrogens is 3. The molecule has 1 amide bonds. The maximum absolute atomic E-state index is 13.1. The first-order chi connectivity index (χ1) is 12.7. The van der Waals surface area contributed by atoms with Crippen molar-refractivity contribution in [2.75, 3.05) is 26.2 Å². The number of H-pyrrole nitrogens is 1. The number of aromatic amines is 1. The Bertz CT molecular complexity index is 740. The zero-order chi connectivity index (χ0) is 17.9. The second-order valence-electron chi connectivity index (χ2n) is 7.58. The Balaban J connectivity index is 1.51. The van der Waals surface area contributed by atoms with Crippen LogP contribution in [0.1, 0.15) is 42.5 Å². The Hall–Kier alpha value is -2.21. The van der Waals surface area contributed by atoms with E-state index in [9.17, 15) is 4.79 Å². The van der Waals surface area contributed by atoms with Crippen LogP contribution in [0.5, 0.6) is 0 Å². The first kappa shape index (κ1) is 17.2. The Kier molecular flexibility index (Phi) is 5.02. The van der Waals surface area contributed by atoms with E-state index in [0.29, 0.717) is 6.42 Å². The number of benzene rings is 1. The van der Waals surface area contributed by atoms with Crippen LogP contribution in [0.25, 0.3) is 0 Å². The molecule has 138 valence electrons. The lowest BCUT2D eigenvalue weighted by molar-refractivity contribution is -0.133. The number of carbonyl (C=O) groups excluding carboxylic acids is 1. The third-order valence-corrected chi connectivity index (χ3v) is 5.40. The molecular weight excluding hydrogens is 326 g/mol. The maximum Gasteiger partial charge on any atom is 0.227 e. The number of nitrogens with zero attached hydrogens (tertiary/aromatic N) is 4. The minimum atomic E-state index is -0.0413. The molecule has 26 heavy (non-hydrogen) atoms. The van der Waals surface area contributed by atoms with Crippen LogP contribution in [0.2, 0.25) is 0 Å². The summed E-state index contributed by atoms with van der Waals surface area (Å²) in [5, 5.41) is 7.31. The van der Waals surface area contributed by atoms with Crippen LogP contribution in [0.15, 0.2) is 30.3 Å². The van der Waals surface area contributed by atoms with Gasteiger partial charge in [-0.15, -0.1) is 0 Å². The summed E-state index contributed by atoms with van der Waals surface area (Å²) in [5.74, 6) is 2.58. The van der Waals surface area contributed by atoms with Crippen molar-refractivity contribution in [2.45, 2.75) is 38.6 Å². The summed E-state index contributed by atoms with van der Waals surface area (Å²) in [4.78, 5) is 22.1. The van der Waals surface area contributed by atoms with Crippen LogP contribution in [0, 0.1) is 12.8 Å². The summed E-state index contributed by atoms with van der Waals surface area (Å²) in [6.45, 7) is 5.76. The summed E-state index contributed by atoms with van der Waals surface area (Å²) < 4.78 is 0. The van der Waals surface area contributed by atoms with Gasteiger partial charge in [0, 0.05) is 26.2 Å². The van der Waals surface area contributed by atoms with Gasteiger partial charge in [0.15, 0.2) is 5.82 Å². The number of amides is 1. The Morgan fingerprint density at radius 2 is 1.96 bits per heavy atom. The number of carbonyl (C=O) groups is 1. The molecule has 1 aromatic carbocycles. The third-order valence-electron chi connectivity index (χ3n) is 5.40. The van der Waals surface area contributed by atoms with E-state index >= 15 is 0 Å². The van der Waals surface area contributed by atoms with Gasteiger partial charge in [0.1, 0.15) is 5.82 Å². The van der Waals surface area contributed by atoms with Crippen molar-refractivity contribution < 1.29 is 4.79 Å². The standard InChI is InChI=1S/C20H27N5O/c1-15-21-20(23-22-15)18-9-10-24(14-17-7-8-17)11-12-25(18)19(26)13-16-5-3-2-4-6-16/h2-6,17-18H,7-14H2,1H3,(H,21,22,23). The van der Waals surface area contributed by atoms with Crippen LogP contribution < -0.4 is 0 Å². The molecule has 2 fully saturated rings. The summed E-state index contributed by atoms with van der Waals surface area (Å²) in [7, 11) is 0. The van der Waals surface area contributed by atoms with Gasteiger partial charge in [-0.25, -0.2) is 4.98 Å². The molecule has 2 heterocycles. The molecule has 1 atom stereocenters. The van der Waals surface area contributed by atoms with Gasteiger partial charge in [-0.3, -0.25) is 9.89 Å². The molecule has 2 aromatic rings. The van der Waals surface area contributed by atoms with E-state index in [1.54, 1.807) is 0 Å². The largest absolute Gasteiger partial charge is 0.331 e. The zero-order valence-electron chi connectivity index (χ0n) is 15.4. The second kappa shape index (κ2) is 7.58. The molecule has 1 saturated carbocycles. The average molecular weight is 353 g/mol. The summed E-state index contributed by atoms with van der Waals surface area (Å²) in [5.41, 5.74) is 1.06. The molecule has 1 saturated heterocycles. The molecular formula is C20H27N5O. The van der Waals surface area contributed by atoms with Crippen molar-refractivity contribution in [1.29, 1.82) is 0 Å². The molecule has 0 bridgehead atoms. The SMILES string of the molecule is Cc1nc(C2CCN(CC3CC3)CCN2C(=O)Cc2ccccc2)n[nH]1. The average Bonchev–Trinajstić information content (AvgIpc) is 3.40. The van der Waals surface area contributed by atoms with Gasteiger partial charge < -0.3 is 9.80 Å². The minimum Gasteiger partial charge on any atom is -0.331 e. The highest BCUT2D eigenvalue weighted by atomic mass is 16.2. The van der Waals surface area contributed by atoms with Crippen LogP contribution in [0.4, 0.5) is 0 Å². The molecule has 6 nitrogen and oxygen atoms in total. The summed E-state index contributed by atoms with van der Waals surface area (Å²) in [6, 6.07) is 9.94. The molecule has 0 radical (unpaired) electrons. The molecule has 1 aromatic heterocycles. The van der Waals surface area contributed by atoms with E-state index in [1.165, 1.54) is 19.4 Å². The van der Waals surface area contributed by atoms with Gasteiger partial charge in [0.2, 0.25) is 5.91 Å². The first-order valence-electron chi connectivity index (χ1n) is 9.63. The van der Waals surface area contributed by atoms with Gasteiger partial charge >= 0.3 is 0 Å². The predicted octanol–water partition coefficient (Wildman–Crippen LogP) is 2.34. The second-order valence-corrected chi connectivity index (χ2v) is 7.58. The van der Waals surface area contributed by atoms with Crippen molar-refractivity contribution in [3.05, 3.63) is 47.5 Å². The number of hydrogen-bond donors (Lipinski definition) is 1. The lowest BCUT2D eigenvalue weighted by Crippen LogP contribution is -2.38. The van der Waals surface area contributed by atoms with Crippen molar-refractivity contribution in [1.82, 2.24) is 25.0 Å². The third kappa shape index (κ3) is 4.12. The molecule has 6 heteroatoms. The monoisotopic (exact) mass is 353 g/mol. The number of aryl methyl sites for hydroxylation is 1. The molecule has 0 spiro atoms. The molecule has 2 aliphatic rings. The lowest BCUT2D eigenvalue weighted by Gasteiger charge is -2.28. The summed E-state index contributed by atoms with van der Waals surface area (Å²) >= 11 is 0. The zero-order valence-corrected chi connectivity index (χ0v) is 15.4. The van der Waals surface area contributed by atoms with Gasteiger partial charge in [0.25, 0.3) is 0 Å². The van der Waals surface area contributed by atoms with Crippen molar-refractivity contribution in [3.8, 4) is 0 Å². The number of rotatable bonds is 5. The molecule has 1 aliphatic heterocycles. The highest BCUT2D eigenvalue weighted by molar-refractivity contribution is 5.79. The lowest BCUT2D eigenvalue weighted by atomic mass is 10.1. The Labute approximate surface area is 154 Å². The molecule has 1 unspecified atom stereocenters. The van der Waals surface area contributed by atoms with Gasteiger partial charge in [-0.05, 0) is 37.7 Å². The molecule has 1 N–H and O–H groups in total. The van der Waals surface area contributed by atoms with Gasteiger partial charge in [0.05, 0.1) is 12.5 Å². The Morgan fingerprint density at radius 1 is 1.15 bits per heavy atom. The number of nitrogens with one attached hydrogen (secondary N) is 1. The topological polar surface area (TPSA) is 65.1 Å². The van der Waals surface area contributed by atoms with E-state index in [0.717, 1.165) is 49.2 Å². The van der Waals surface area contributed by atoms with E-state index in [4.69, 9.17) is 0 Å². The van der Waals surface area contributed by atoms with Crippen molar-refractivity contribution >= 4 is 5.91 Å². The molecule has 1 aliphatic carbocycles. The van der Waals surface area contributed by atoms with Crippen molar-refractivity contribution in [3.63, 3.8) is 0 Å². The highest BCUT2D eigenvalue weighted by Crippen LogP contribution is 2.31. The fraction of sp³-hybridized carbons (Fsp3) is 0.550. The minimum absolute atomic E-state index is 0.0413. The maximum atomic E-state index is 13.1. The summed E-state index contributed by atoms with van der Waals surface area (Å²) in [6.07, 6.45) is 4.04. The quantitative estimate of drug-likeness (QED) is 0.896. The smallest absolute Gasteiger partial charge is 0.227 e. The van der Waals surface area contributed by atoms with Gasteiger partial charge in [-0.1, -0.05) is 30.3 Å². The van der Waals surface area contributed by atoms with E-state index in [2.05, 4.69) is 20.1 Å². The van der Waals surface area contributed by atoms with Gasteiger partial charge in [-0.2, -0.15) is 5.10 Å². The fourth-order valence-electron chi connectivity index (χ4n) is 3.77. The first-order valence-corrected chi connectivity index (χ1v) is 9.63. The van der Waals surface area contributed by atoms with Crippen LogP contribution >= 0.6 is 0 Å². The Morgan fingerprint density at radius 3 is 2.65 bits per heavy atom. The van der Waals surface area contributed by atoms with E-state index < -0.39 is 0 Å². The van der Waals surface area contributed by atoms with Crippen LogP contribution in [0.3, 0.4) is 0 Å². The van der Waals surface area contributed by atoms with Crippen LogP contribution in [-0.4, -0.2) is 57.1 Å².